The molecule has 0 amide bonds. The second-order valence-corrected chi connectivity index (χ2v) is 7.65. The zero-order valence-electron chi connectivity index (χ0n) is 16.1. The van der Waals surface area contributed by atoms with E-state index in [2.05, 4.69) is 29.4 Å². The van der Waals surface area contributed by atoms with Gasteiger partial charge in [0.1, 0.15) is 0 Å². The molecule has 1 aliphatic heterocycles. The van der Waals surface area contributed by atoms with Crippen molar-refractivity contribution in [3.8, 4) is 0 Å². The average molecular weight is 378 g/mol. The Balaban J connectivity index is 1.70. The summed E-state index contributed by atoms with van der Waals surface area (Å²) in [5, 5.41) is 6.95. The molecule has 0 radical (unpaired) electrons. The average Bonchev–Trinajstić information content (AvgIpc) is 2.58. The summed E-state index contributed by atoms with van der Waals surface area (Å²) in [6.07, 6.45) is 2.40. The Bertz CT molecular complexity index is 598. The first-order valence-electron chi connectivity index (χ1n) is 9.52. The molecule has 5 nitrogen and oxygen atoms in total. The summed E-state index contributed by atoms with van der Waals surface area (Å²) in [5.41, 5.74) is 1.31. The lowest BCUT2D eigenvalue weighted by Crippen LogP contribution is -2.40. The number of likely N-dealkylation sites (tertiary alicyclic amines) is 1. The predicted molar refractivity (Wildman–Crippen MR) is 111 cm³/mol. The third kappa shape index (κ3) is 6.92. The van der Waals surface area contributed by atoms with Crippen molar-refractivity contribution in [3.05, 3.63) is 29.8 Å². The van der Waals surface area contributed by atoms with Crippen LogP contribution < -0.4 is 10.6 Å². The summed E-state index contributed by atoms with van der Waals surface area (Å²) < 4.78 is 5.02. The van der Waals surface area contributed by atoms with Crippen molar-refractivity contribution in [2.75, 3.05) is 38.1 Å². The van der Waals surface area contributed by atoms with Crippen molar-refractivity contribution < 1.29 is 9.53 Å². The molecule has 2 atom stereocenters. The van der Waals surface area contributed by atoms with Crippen molar-refractivity contribution in [2.24, 2.45) is 11.8 Å². The number of anilines is 1. The number of carbonyl (C=O) groups excluding carboxylic acids is 1. The lowest BCUT2D eigenvalue weighted by Gasteiger charge is -2.35. The van der Waals surface area contributed by atoms with Crippen LogP contribution in [-0.2, 0) is 4.74 Å². The monoisotopic (exact) mass is 377 g/mol. The third-order valence-corrected chi connectivity index (χ3v) is 4.76. The van der Waals surface area contributed by atoms with E-state index < -0.39 is 0 Å². The van der Waals surface area contributed by atoms with E-state index in [1.807, 2.05) is 12.1 Å². The molecule has 144 valence electrons. The molecule has 26 heavy (non-hydrogen) atoms. The van der Waals surface area contributed by atoms with Crippen LogP contribution in [0.25, 0.3) is 0 Å². The molecule has 1 aromatic carbocycles. The van der Waals surface area contributed by atoms with E-state index in [0.29, 0.717) is 17.3 Å². The topological polar surface area (TPSA) is 53.6 Å². The van der Waals surface area contributed by atoms with Gasteiger partial charge < -0.3 is 20.3 Å². The Labute approximate surface area is 162 Å². The first-order valence-corrected chi connectivity index (χ1v) is 9.93. The molecule has 1 aliphatic rings. The lowest BCUT2D eigenvalue weighted by molar-refractivity contribution is 0.0526. The van der Waals surface area contributed by atoms with Crippen molar-refractivity contribution >= 4 is 29.0 Å². The summed E-state index contributed by atoms with van der Waals surface area (Å²) >= 11 is 5.35. The third-order valence-electron chi connectivity index (χ3n) is 4.51. The van der Waals surface area contributed by atoms with Gasteiger partial charge in [0.05, 0.1) is 12.2 Å². The molecule has 0 bridgehead atoms. The SMILES string of the molecule is CCOC(=O)c1cccc(NC(=S)NCCCN2C[C@@H](C)C[C@H](C)C2)c1. The number of ether oxygens (including phenoxy) is 1. The highest BCUT2D eigenvalue weighted by Crippen LogP contribution is 2.20. The van der Waals surface area contributed by atoms with Gasteiger partial charge in [-0.2, -0.15) is 0 Å². The van der Waals surface area contributed by atoms with Crippen LogP contribution in [0.4, 0.5) is 5.69 Å². The number of carbonyl (C=O) groups is 1. The standard InChI is InChI=1S/C20H31N3O2S/c1-4-25-19(24)17-7-5-8-18(12-17)22-20(26)21-9-6-10-23-13-15(2)11-16(3)14-23/h5,7-8,12,15-16H,4,6,9-11,13-14H2,1-3H3,(H2,21,22,26)/t15-,16-/m0/s1. The van der Waals surface area contributed by atoms with E-state index in [4.69, 9.17) is 17.0 Å². The largest absolute Gasteiger partial charge is 0.462 e. The molecule has 6 heteroatoms. The van der Waals surface area contributed by atoms with Gasteiger partial charge in [-0.05, 0) is 68.6 Å². The molecule has 0 aliphatic carbocycles. The molecule has 2 rings (SSSR count). The Morgan fingerprint density at radius 3 is 2.73 bits per heavy atom. The summed E-state index contributed by atoms with van der Waals surface area (Å²) in [7, 11) is 0. The Morgan fingerprint density at radius 2 is 2.04 bits per heavy atom. The molecule has 0 saturated carbocycles. The summed E-state index contributed by atoms with van der Waals surface area (Å²) in [4.78, 5) is 14.3. The fraction of sp³-hybridized carbons (Fsp3) is 0.600. The number of piperidine rings is 1. The maximum atomic E-state index is 11.8. The number of nitrogens with one attached hydrogen (secondary N) is 2. The normalized spacial score (nSPS) is 20.4. The number of rotatable bonds is 7. The van der Waals surface area contributed by atoms with E-state index in [9.17, 15) is 4.79 Å². The number of hydrogen-bond donors (Lipinski definition) is 2. The van der Waals surface area contributed by atoms with Crippen LogP contribution in [0, 0.1) is 11.8 Å². The molecule has 1 aromatic rings. The van der Waals surface area contributed by atoms with Gasteiger partial charge >= 0.3 is 5.97 Å². The van der Waals surface area contributed by atoms with Crippen LogP contribution in [0.3, 0.4) is 0 Å². The van der Waals surface area contributed by atoms with Crippen LogP contribution in [0.5, 0.6) is 0 Å². The Kier molecular flexibility index (Phi) is 8.32. The minimum atomic E-state index is -0.319. The number of esters is 1. The van der Waals surface area contributed by atoms with E-state index in [-0.39, 0.29) is 5.97 Å². The van der Waals surface area contributed by atoms with Gasteiger partial charge in [0, 0.05) is 25.3 Å². The van der Waals surface area contributed by atoms with E-state index in [1.165, 1.54) is 19.5 Å². The van der Waals surface area contributed by atoms with Gasteiger partial charge in [0.15, 0.2) is 5.11 Å². The van der Waals surface area contributed by atoms with E-state index in [0.717, 1.165) is 37.0 Å². The van der Waals surface area contributed by atoms with E-state index >= 15 is 0 Å². The number of nitrogens with zero attached hydrogens (tertiary/aromatic N) is 1. The number of thiocarbonyl (C=S) groups is 1. The zero-order valence-corrected chi connectivity index (χ0v) is 16.9. The molecule has 1 fully saturated rings. The maximum absolute atomic E-state index is 11.8. The van der Waals surface area contributed by atoms with Crippen LogP contribution in [0.2, 0.25) is 0 Å². The minimum Gasteiger partial charge on any atom is -0.462 e. The van der Waals surface area contributed by atoms with E-state index in [1.54, 1.807) is 19.1 Å². The fourth-order valence-corrected chi connectivity index (χ4v) is 3.81. The molecular weight excluding hydrogens is 346 g/mol. The van der Waals surface area contributed by atoms with Gasteiger partial charge in [-0.3, -0.25) is 0 Å². The van der Waals surface area contributed by atoms with Gasteiger partial charge in [0.25, 0.3) is 0 Å². The highest BCUT2D eigenvalue weighted by atomic mass is 32.1. The zero-order chi connectivity index (χ0) is 18.9. The molecule has 1 heterocycles. The highest BCUT2D eigenvalue weighted by Gasteiger charge is 2.20. The molecule has 0 aromatic heterocycles. The number of benzene rings is 1. The second-order valence-electron chi connectivity index (χ2n) is 7.24. The highest BCUT2D eigenvalue weighted by molar-refractivity contribution is 7.80. The first-order chi connectivity index (χ1) is 12.5. The lowest BCUT2D eigenvalue weighted by atomic mass is 9.92. The minimum absolute atomic E-state index is 0.319. The Hall–Kier alpha value is -1.66. The van der Waals surface area contributed by atoms with Crippen molar-refractivity contribution in [1.82, 2.24) is 10.2 Å². The first kappa shape index (κ1) is 20.6. The van der Waals surface area contributed by atoms with Gasteiger partial charge in [-0.25, -0.2) is 4.79 Å². The summed E-state index contributed by atoms with van der Waals surface area (Å²) in [6, 6.07) is 7.19. The predicted octanol–water partition coefficient (Wildman–Crippen LogP) is 3.52. The number of hydrogen-bond acceptors (Lipinski definition) is 4. The summed E-state index contributed by atoms with van der Waals surface area (Å²) in [6.45, 7) is 11.2. The Morgan fingerprint density at radius 1 is 1.31 bits per heavy atom. The smallest absolute Gasteiger partial charge is 0.338 e. The van der Waals surface area contributed by atoms with Gasteiger partial charge in [-0.15, -0.1) is 0 Å². The van der Waals surface area contributed by atoms with Crippen molar-refractivity contribution in [1.29, 1.82) is 0 Å². The van der Waals surface area contributed by atoms with Crippen LogP contribution in [0.1, 0.15) is 44.0 Å². The van der Waals surface area contributed by atoms with Crippen molar-refractivity contribution in [2.45, 2.75) is 33.6 Å². The molecule has 0 unspecified atom stereocenters. The van der Waals surface area contributed by atoms with Crippen molar-refractivity contribution in [3.63, 3.8) is 0 Å². The van der Waals surface area contributed by atoms with Crippen LogP contribution in [-0.4, -0.2) is 48.8 Å². The van der Waals surface area contributed by atoms with Gasteiger partial charge in [0.2, 0.25) is 0 Å². The second kappa shape index (κ2) is 10.5. The quantitative estimate of drug-likeness (QED) is 0.431. The van der Waals surface area contributed by atoms with Crippen LogP contribution >= 0.6 is 12.2 Å². The molecular formula is C20H31N3O2S. The maximum Gasteiger partial charge on any atom is 0.338 e. The molecule has 2 N–H and O–H groups in total. The molecule has 0 spiro atoms. The fourth-order valence-electron chi connectivity index (χ4n) is 3.59. The van der Waals surface area contributed by atoms with Crippen LogP contribution in [0.15, 0.2) is 24.3 Å². The van der Waals surface area contributed by atoms with Gasteiger partial charge in [-0.1, -0.05) is 19.9 Å². The summed E-state index contributed by atoms with van der Waals surface area (Å²) in [5.74, 6) is 1.27. The molecule has 1 saturated heterocycles.